The van der Waals surface area contributed by atoms with Crippen LogP contribution >= 0.6 is 0 Å². The van der Waals surface area contributed by atoms with Crippen LogP contribution in [-0.4, -0.2) is 35.6 Å². The summed E-state index contributed by atoms with van der Waals surface area (Å²) in [6, 6.07) is 1.11. The van der Waals surface area contributed by atoms with E-state index in [1.807, 2.05) is 0 Å². The average Bonchev–Trinajstić information content (AvgIpc) is 2.36. The lowest BCUT2D eigenvalue weighted by atomic mass is 9.85. The minimum Gasteiger partial charge on any atom is -0.308 e. The number of hydrogen-bond acceptors (Lipinski definition) is 2. The van der Waals surface area contributed by atoms with Crippen molar-refractivity contribution in [2.24, 2.45) is 5.92 Å². The predicted molar refractivity (Wildman–Crippen MR) is 76.3 cm³/mol. The number of nitrogens with zero attached hydrogens (tertiary/aromatic N) is 1. The molecule has 0 aromatic rings. The fourth-order valence-corrected chi connectivity index (χ4v) is 2.88. The third kappa shape index (κ3) is 3.11. The molecular formula is C15H30N2. The summed E-state index contributed by atoms with van der Waals surface area (Å²) in [6.45, 7) is 17.7. The van der Waals surface area contributed by atoms with Crippen LogP contribution < -0.4 is 5.32 Å². The lowest BCUT2D eigenvalue weighted by molar-refractivity contribution is 0.0353. The summed E-state index contributed by atoms with van der Waals surface area (Å²) < 4.78 is 0. The maximum atomic E-state index is 3.97. The lowest BCUT2D eigenvalue weighted by Crippen LogP contribution is -2.66. The Morgan fingerprint density at radius 1 is 1.35 bits per heavy atom. The van der Waals surface area contributed by atoms with Crippen molar-refractivity contribution in [3.05, 3.63) is 12.7 Å². The normalized spacial score (nSPS) is 27.1. The number of rotatable bonds is 5. The fraction of sp³-hybridized carbons (Fsp3) is 0.867. The Morgan fingerprint density at radius 3 is 2.35 bits per heavy atom. The van der Waals surface area contributed by atoms with Gasteiger partial charge in [-0.2, -0.15) is 0 Å². The number of nitrogens with one attached hydrogen (secondary N) is 1. The predicted octanol–water partition coefficient (Wildman–Crippen LogP) is 3.05. The van der Waals surface area contributed by atoms with E-state index >= 15 is 0 Å². The van der Waals surface area contributed by atoms with Crippen molar-refractivity contribution in [3.8, 4) is 0 Å². The molecule has 1 saturated heterocycles. The van der Waals surface area contributed by atoms with E-state index < -0.39 is 0 Å². The van der Waals surface area contributed by atoms with Crippen LogP contribution in [0.4, 0.5) is 0 Å². The first-order chi connectivity index (χ1) is 7.99. The van der Waals surface area contributed by atoms with Crippen LogP contribution in [0.3, 0.4) is 0 Å². The largest absolute Gasteiger partial charge is 0.308 e. The second-order valence-electron chi connectivity index (χ2n) is 5.83. The summed E-state index contributed by atoms with van der Waals surface area (Å²) in [5.74, 6) is 0.691. The molecule has 0 saturated carbocycles. The molecule has 0 radical (unpaired) electrons. The molecule has 1 fully saturated rings. The number of hydrogen-bond donors (Lipinski definition) is 1. The first-order valence-electron chi connectivity index (χ1n) is 7.13. The highest BCUT2D eigenvalue weighted by Gasteiger charge is 2.38. The Kier molecular flexibility index (Phi) is 5.21. The van der Waals surface area contributed by atoms with Gasteiger partial charge in [0.05, 0.1) is 0 Å². The van der Waals surface area contributed by atoms with Gasteiger partial charge in [-0.1, -0.05) is 33.8 Å². The third-order valence-corrected chi connectivity index (χ3v) is 4.58. The van der Waals surface area contributed by atoms with Gasteiger partial charge >= 0.3 is 0 Å². The molecule has 1 rings (SSSR count). The van der Waals surface area contributed by atoms with Crippen LogP contribution in [0.1, 0.15) is 47.5 Å². The van der Waals surface area contributed by atoms with Gasteiger partial charge in [0.15, 0.2) is 0 Å². The highest BCUT2D eigenvalue weighted by Crippen LogP contribution is 2.27. The Bertz CT molecular complexity index is 243. The zero-order chi connectivity index (χ0) is 13.1. The standard InChI is InChI=1S/C15H30N2/c1-7-13(6)17-11-15(8-2,9-3)16-10-14(17)12(4)5/h7,12-14,16H,1,8-11H2,2-6H3. The molecule has 0 spiro atoms. The first-order valence-corrected chi connectivity index (χ1v) is 7.13. The molecule has 2 nitrogen and oxygen atoms in total. The van der Waals surface area contributed by atoms with E-state index in [2.05, 4.69) is 57.5 Å². The third-order valence-electron chi connectivity index (χ3n) is 4.58. The van der Waals surface area contributed by atoms with E-state index in [9.17, 15) is 0 Å². The maximum Gasteiger partial charge on any atom is 0.0304 e. The van der Waals surface area contributed by atoms with Crippen molar-refractivity contribution in [1.29, 1.82) is 0 Å². The maximum absolute atomic E-state index is 3.97. The molecule has 0 aromatic carbocycles. The molecule has 0 amide bonds. The molecule has 1 heterocycles. The summed E-state index contributed by atoms with van der Waals surface area (Å²) >= 11 is 0. The Morgan fingerprint density at radius 2 is 1.94 bits per heavy atom. The molecule has 2 atom stereocenters. The van der Waals surface area contributed by atoms with Gasteiger partial charge in [-0.25, -0.2) is 0 Å². The smallest absolute Gasteiger partial charge is 0.0304 e. The zero-order valence-corrected chi connectivity index (χ0v) is 12.3. The van der Waals surface area contributed by atoms with Crippen LogP contribution in [0.2, 0.25) is 0 Å². The van der Waals surface area contributed by atoms with Crippen LogP contribution in [0.5, 0.6) is 0 Å². The minimum atomic E-state index is 0.308. The summed E-state index contributed by atoms with van der Waals surface area (Å²) in [6.07, 6.45) is 4.49. The molecule has 100 valence electrons. The van der Waals surface area contributed by atoms with E-state index in [1.54, 1.807) is 0 Å². The van der Waals surface area contributed by atoms with Gasteiger partial charge < -0.3 is 5.32 Å². The van der Waals surface area contributed by atoms with Gasteiger partial charge in [0.1, 0.15) is 0 Å². The summed E-state index contributed by atoms with van der Waals surface area (Å²) in [4.78, 5) is 2.64. The van der Waals surface area contributed by atoms with E-state index in [-0.39, 0.29) is 0 Å². The highest BCUT2D eigenvalue weighted by molar-refractivity contribution is 5.01. The summed E-state index contributed by atoms with van der Waals surface area (Å²) in [7, 11) is 0. The van der Waals surface area contributed by atoms with Gasteiger partial charge in [-0.05, 0) is 25.7 Å². The Hall–Kier alpha value is -0.340. The van der Waals surface area contributed by atoms with Crippen molar-refractivity contribution in [1.82, 2.24) is 10.2 Å². The Balaban J connectivity index is 2.86. The van der Waals surface area contributed by atoms with Gasteiger partial charge in [0, 0.05) is 30.7 Å². The topological polar surface area (TPSA) is 15.3 Å². The van der Waals surface area contributed by atoms with Crippen molar-refractivity contribution < 1.29 is 0 Å². The molecule has 1 N–H and O–H groups in total. The summed E-state index contributed by atoms with van der Waals surface area (Å²) in [5.41, 5.74) is 0.308. The van der Waals surface area contributed by atoms with Crippen molar-refractivity contribution in [2.75, 3.05) is 13.1 Å². The molecule has 17 heavy (non-hydrogen) atoms. The second-order valence-corrected chi connectivity index (χ2v) is 5.83. The Labute approximate surface area is 107 Å². The van der Waals surface area contributed by atoms with Gasteiger partial charge in [-0.3, -0.25) is 4.90 Å². The summed E-state index contributed by atoms with van der Waals surface area (Å²) in [5, 5.41) is 3.80. The van der Waals surface area contributed by atoms with Gasteiger partial charge in [0.25, 0.3) is 0 Å². The van der Waals surface area contributed by atoms with Crippen molar-refractivity contribution >= 4 is 0 Å². The lowest BCUT2D eigenvalue weighted by Gasteiger charge is -2.50. The molecular weight excluding hydrogens is 208 g/mol. The van der Waals surface area contributed by atoms with Gasteiger partial charge in [0.2, 0.25) is 0 Å². The van der Waals surface area contributed by atoms with E-state index in [0.717, 1.165) is 13.1 Å². The molecule has 2 unspecified atom stereocenters. The van der Waals surface area contributed by atoms with E-state index in [0.29, 0.717) is 23.5 Å². The molecule has 2 heteroatoms. The molecule has 0 aliphatic carbocycles. The molecule has 1 aliphatic rings. The van der Waals surface area contributed by atoms with Crippen LogP contribution in [0, 0.1) is 5.92 Å². The van der Waals surface area contributed by atoms with E-state index in [4.69, 9.17) is 0 Å². The average molecular weight is 238 g/mol. The SMILES string of the molecule is C=CC(C)N1CC(CC)(CC)NCC1C(C)C. The number of piperazine rings is 1. The minimum absolute atomic E-state index is 0.308. The van der Waals surface area contributed by atoms with E-state index in [1.165, 1.54) is 12.8 Å². The quantitative estimate of drug-likeness (QED) is 0.741. The molecule has 1 aliphatic heterocycles. The van der Waals surface area contributed by atoms with Crippen LogP contribution in [0.15, 0.2) is 12.7 Å². The highest BCUT2D eigenvalue weighted by atomic mass is 15.3. The van der Waals surface area contributed by atoms with Crippen molar-refractivity contribution in [3.63, 3.8) is 0 Å². The zero-order valence-electron chi connectivity index (χ0n) is 12.3. The van der Waals surface area contributed by atoms with Crippen LogP contribution in [0.25, 0.3) is 0 Å². The molecule has 0 bridgehead atoms. The van der Waals surface area contributed by atoms with Crippen molar-refractivity contribution in [2.45, 2.75) is 65.1 Å². The monoisotopic (exact) mass is 238 g/mol. The van der Waals surface area contributed by atoms with Crippen LogP contribution in [-0.2, 0) is 0 Å². The fourth-order valence-electron chi connectivity index (χ4n) is 2.88. The van der Waals surface area contributed by atoms with Gasteiger partial charge in [-0.15, -0.1) is 6.58 Å². The second kappa shape index (κ2) is 6.01. The first kappa shape index (κ1) is 14.7. The molecule has 0 aromatic heterocycles.